The first-order valence-corrected chi connectivity index (χ1v) is 14.6. The van der Waals surface area contributed by atoms with Crippen molar-refractivity contribution >= 4 is 35.1 Å². The highest BCUT2D eigenvalue weighted by atomic mass is 35.5. The minimum atomic E-state index is -4.72. The molecule has 1 aliphatic rings. The zero-order chi connectivity index (χ0) is 33.3. The lowest BCUT2D eigenvalue weighted by Gasteiger charge is -2.39. The minimum Gasteiger partial charge on any atom is -0.344 e. The van der Waals surface area contributed by atoms with Crippen molar-refractivity contribution in [2.24, 2.45) is 0 Å². The molecule has 3 amide bonds. The molecule has 1 aliphatic heterocycles. The normalized spacial score (nSPS) is 17.7. The van der Waals surface area contributed by atoms with Crippen molar-refractivity contribution in [2.45, 2.75) is 43.7 Å². The van der Waals surface area contributed by atoms with Crippen molar-refractivity contribution in [1.29, 1.82) is 0 Å². The Balaban J connectivity index is 1.73. The maximum absolute atomic E-state index is 14.3. The number of benzene rings is 3. The molecule has 3 aromatic carbocycles. The highest BCUT2D eigenvalue weighted by Gasteiger charge is 2.47. The van der Waals surface area contributed by atoms with Gasteiger partial charge >= 0.3 is 6.18 Å². The molecular formula is C32H27ClF5N5O3. The van der Waals surface area contributed by atoms with E-state index in [4.69, 9.17) is 16.7 Å². The van der Waals surface area contributed by atoms with Crippen LogP contribution in [0.5, 0.6) is 0 Å². The number of carbonyl (C=O) groups excluding carboxylic acids is 3. The molecule has 0 saturated carbocycles. The lowest BCUT2D eigenvalue weighted by molar-refractivity contribution is -0.137. The number of carbonyl (C=O) groups is 3. The van der Waals surface area contributed by atoms with E-state index in [9.17, 15) is 36.3 Å². The van der Waals surface area contributed by atoms with Crippen LogP contribution in [0.15, 0.2) is 78.9 Å². The molecule has 0 radical (unpaired) electrons. The van der Waals surface area contributed by atoms with E-state index in [1.165, 1.54) is 34.7 Å². The van der Waals surface area contributed by atoms with Gasteiger partial charge in [0.1, 0.15) is 17.7 Å². The fourth-order valence-electron chi connectivity index (χ4n) is 5.53. The topological polar surface area (TPSA) is 96.3 Å². The Kier molecular flexibility index (Phi) is 9.15. The van der Waals surface area contributed by atoms with E-state index in [1.807, 2.05) is 0 Å². The van der Waals surface area contributed by atoms with E-state index >= 15 is 0 Å². The van der Waals surface area contributed by atoms with Crippen LogP contribution in [0.2, 0.25) is 0 Å². The zero-order valence-electron chi connectivity index (χ0n) is 24.4. The molecule has 8 nitrogen and oxygen atoms in total. The summed E-state index contributed by atoms with van der Waals surface area (Å²) >= 11 is 5.38. The Labute approximate surface area is 265 Å². The number of rotatable bonds is 8. The van der Waals surface area contributed by atoms with Crippen molar-refractivity contribution < 1.29 is 36.3 Å². The predicted molar refractivity (Wildman–Crippen MR) is 160 cm³/mol. The molecule has 0 spiro atoms. The average molecular weight is 660 g/mol. The fourth-order valence-corrected chi connectivity index (χ4v) is 5.60. The second-order valence-corrected chi connectivity index (χ2v) is 10.9. The second-order valence-electron chi connectivity index (χ2n) is 10.5. The van der Waals surface area contributed by atoms with Gasteiger partial charge in [-0.15, -0.1) is 0 Å². The Hall–Kier alpha value is -4.78. The van der Waals surface area contributed by atoms with Crippen LogP contribution in [0.25, 0.3) is 5.69 Å². The molecule has 4 aromatic rings. The molecule has 14 heteroatoms. The fraction of sp³-hybridized carbons (Fsp3) is 0.250. The van der Waals surface area contributed by atoms with Gasteiger partial charge in [0.2, 0.25) is 0 Å². The summed E-state index contributed by atoms with van der Waals surface area (Å²) in [6.07, 6.45) is -4.72. The van der Waals surface area contributed by atoms with Crippen molar-refractivity contribution in [3.8, 4) is 5.69 Å². The van der Waals surface area contributed by atoms with Gasteiger partial charge in [-0.3, -0.25) is 19.3 Å². The molecule has 4 atom stereocenters. The largest absolute Gasteiger partial charge is 0.416 e. The van der Waals surface area contributed by atoms with Gasteiger partial charge in [0.15, 0.2) is 0 Å². The highest BCUT2D eigenvalue weighted by molar-refractivity contribution is 6.29. The Morgan fingerprint density at radius 1 is 1.02 bits per heavy atom. The molecule has 0 bridgehead atoms. The van der Waals surface area contributed by atoms with Gasteiger partial charge in [-0.1, -0.05) is 48.0 Å². The van der Waals surface area contributed by atoms with Crippen LogP contribution in [0, 0.1) is 5.82 Å². The van der Waals surface area contributed by atoms with Crippen molar-refractivity contribution in [3.05, 3.63) is 113 Å². The number of amides is 3. The van der Waals surface area contributed by atoms with Gasteiger partial charge in [-0.05, 0) is 61.9 Å². The number of fused-ring (bicyclic) bond motifs is 1. The average Bonchev–Trinajstić information content (AvgIpc) is 3.42. The van der Waals surface area contributed by atoms with Crippen LogP contribution >= 0.6 is 11.6 Å². The first kappa shape index (κ1) is 32.6. The number of nitrogens with zero attached hydrogens (tertiary/aromatic N) is 3. The molecular weight excluding hydrogens is 633 g/mol. The van der Waals surface area contributed by atoms with Crippen molar-refractivity contribution in [1.82, 2.24) is 20.4 Å². The van der Waals surface area contributed by atoms with E-state index in [-0.39, 0.29) is 23.6 Å². The third-order valence-corrected chi connectivity index (χ3v) is 7.81. The van der Waals surface area contributed by atoms with E-state index in [0.717, 1.165) is 24.3 Å². The summed E-state index contributed by atoms with van der Waals surface area (Å²) in [7, 11) is 0. The predicted octanol–water partition coefficient (Wildman–Crippen LogP) is 6.04. The molecule has 0 saturated heterocycles. The first-order chi connectivity index (χ1) is 21.8. The van der Waals surface area contributed by atoms with Gasteiger partial charge in [0.05, 0.1) is 23.0 Å². The third kappa shape index (κ3) is 6.32. The standard InChI is InChI=1S/C32H27ClF5N5O3/c1-3-42-30-24(25(17(2)39-29(45)27(33)35)41-43(30)22-10-5-4-6-11-22)23(18-12-14-21(34)15-13-18)26(31(42)46)40-28(44)19-8-7-9-20(16-19)32(36,37)38/h4-17,23,26-27H,3H2,1-2H3,(H,39,45)(H,40,44)/t17-,23+,26+,27?/m1/s1. The van der Waals surface area contributed by atoms with Gasteiger partial charge < -0.3 is 10.6 Å². The third-order valence-electron chi connectivity index (χ3n) is 7.61. The minimum absolute atomic E-state index is 0.0742. The lowest BCUT2D eigenvalue weighted by Crippen LogP contribution is -2.55. The summed E-state index contributed by atoms with van der Waals surface area (Å²) in [5, 5.41) is 9.81. The van der Waals surface area contributed by atoms with E-state index in [0.29, 0.717) is 22.9 Å². The zero-order valence-corrected chi connectivity index (χ0v) is 25.1. The molecule has 0 aliphatic carbocycles. The van der Waals surface area contributed by atoms with E-state index in [1.54, 1.807) is 37.3 Å². The first-order valence-electron chi connectivity index (χ1n) is 14.1. The summed E-state index contributed by atoms with van der Waals surface area (Å²) in [5.41, 5.74) is -2.35. The SMILES string of the molecule is CCN1C(=O)[C@@H](NC(=O)c2cccc(C(F)(F)F)c2)[C@@H](c2ccc(F)cc2)c2c([C@@H](C)NC(=O)C(F)Cl)nn(-c3ccccc3)c21. The molecule has 2 N–H and O–H groups in total. The number of nitrogens with one attached hydrogen (secondary N) is 2. The smallest absolute Gasteiger partial charge is 0.344 e. The Morgan fingerprint density at radius 3 is 2.30 bits per heavy atom. The number of hydrogen-bond donors (Lipinski definition) is 2. The molecule has 46 heavy (non-hydrogen) atoms. The molecule has 1 aromatic heterocycles. The lowest BCUT2D eigenvalue weighted by atomic mass is 9.80. The maximum atomic E-state index is 14.3. The number of hydrogen-bond acceptors (Lipinski definition) is 4. The molecule has 5 rings (SSSR count). The van der Waals surface area contributed by atoms with Crippen LogP contribution in [-0.4, -0.2) is 45.7 Å². The summed E-state index contributed by atoms with van der Waals surface area (Å²) in [4.78, 5) is 41.4. The second kappa shape index (κ2) is 12.9. The monoisotopic (exact) mass is 659 g/mol. The number of anilines is 1. The Bertz CT molecular complexity index is 1760. The molecule has 1 unspecified atom stereocenters. The molecule has 2 heterocycles. The van der Waals surface area contributed by atoms with E-state index in [2.05, 4.69) is 10.6 Å². The number of likely N-dealkylation sites (N-methyl/N-ethyl adjacent to an activating group) is 1. The summed E-state index contributed by atoms with van der Waals surface area (Å²) in [5.74, 6) is -4.10. The number of para-hydroxylation sites is 1. The summed E-state index contributed by atoms with van der Waals surface area (Å²) in [6.45, 7) is 3.28. The van der Waals surface area contributed by atoms with Crippen LogP contribution in [-0.2, 0) is 15.8 Å². The van der Waals surface area contributed by atoms with Crippen molar-refractivity contribution in [3.63, 3.8) is 0 Å². The number of aromatic nitrogens is 2. The van der Waals surface area contributed by atoms with Crippen molar-refractivity contribution in [2.75, 3.05) is 11.4 Å². The van der Waals surface area contributed by atoms with Gasteiger partial charge in [0.25, 0.3) is 23.4 Å². The van der Waals surface area contributed by atoms with Crippen LogP contribution in [0.3, 0.4) is 0 Å². The van der Waals surface area contributed by atoms with Crippen LogP contribution in [0.1, 0.15) is 58.5 Å². The molecule has 240 valence electrons. The Morgan fingerprint density at radius 2 is 1.70 bits per heavy atom. The summed E-state index contributed by atoms with van der Waals surface area (Å²) < 4.78 is 69.6. The van der Waals surface area contributed by atoms with Crippen LogP contribution in [0.4, 0.5) is 27.8 Å². The van der Waals surface area contributed by atoms with Gasteiger partial charge in [-0.2, -0.15) is 18.3 Å². The highest BCUT2D eigenvalue weighted by Crippen LogP contribution is 2.45. The quantitative estimate of drug-likeness (QED) is 0.178. The van der Waals surface area contributed by atoms with Gasteiger partial charge in [0, 0.05) is 23.6 Å². The number of alkyl halides is 5. The number of halogens is 6. The summed E-state index contributed by atoms with van der Waals surface area (Å²) in [6, 6.07) is 15.2. The molecule has 0 fully saturated rings. The van der Waals surface area contributed by atoms with Crippen LogP contribution < -0.4 is 15.5 Å². The maximum Gasteiger partial charge on any atom is 0.416 e. The van der Waals surface area contributed by atoms with E-state index < -0.39 is 58.9 Å². The van der Waals surface area contributed by atoms with Gasteiger partial charge in [-0.25, -0.2) is 13.5 Å².